The van der Waals surface area contributed by atoms with E-state index in [1.807, 2.05) is 30.3 Å². The third-order valence-corrected chi connectivity index (χ3v) is 3.02. The van der Waals surface area contributed by atoms with Crippen LogP contribution in [0.25, 0.3) is 5.78 Å². The quantitative estimate of drug-likeness (QED) is 0.798. The average molecular weight is 324 g/mol. The molecule has 2 heterocycles. The molecule has 0 saturated heterocycles. The number of benzene rings is 1. The van der Waals surface area contributed by atoms with Crippen LogP contribution in [0, 0.1) is 0 Å². The van der Waals surface area contributed by atoms with Crippen molar-refractivity contribution in [1.82, 2.24) is 19.6 Å². The summed E-state index contributed by atoms with van der Waals surface area (Å²) < 4.78 is 44.1. The van der Waals surface area contributed by atoms with Gasteiger partial charge in [0.25, 0.3) is 11.3 Å². The monoisotopic (exact) mass is 324 g/mol. The van der Waals surface area contributed by atoms with Gasteiger partial charge in [-0.3, -0.25) is 9.89 Å². The van der Waals surface area contributed by atoms with Gasteiger partial charge in [0.05, 0.1) is 6.61 Å². The number of rotatable bonds is 4. The Bertz CT molecular complexity index is 871. The van der Waals surface area contributed by atoms with Gasteiger partial charge in [-0.2, -0.15) is 22.7 Å². The predicted octanol–water partition coefficient (Wildman–Crippen LogP) is 2.15. The number of hydrogen-bond donors (Lipinski definition) is 1. The zero-order chi connectivity index (χ0) is 16.4. The van der Waals surface area contributed by atoms with E-state index >= 15 is 0 Å². The second kappa shape index (κ2) is 5.84. The molecule has 0 aliphatic heterocycles. The van der Waals surface area contributed by atoms with Crippen molar-refractivity contribution in [2.45, 2.75) is 19.4 Å². The molecule has 0 spiro atoms. The Kier molecular flexibility index (Phi) is 3.87. The number of halogens is 3. The molecule has 0 saturated carbocycles. The van der Waals surface area contributed by atoms with Crippen LogP contribution in [0.15, 0.2) is 41.2 Å². The molecule has 0 amide bonds. The van der Waals surface area contributed by atoms with Gasteiger partial charge >= 0.3 is 6.18 Å². The Hall–Kier alpha value is -2.68. The summed E-state index contributed by atoms with van der Waals surface area (Å²) >= 11 is 0. The largest absolute Gasteiger partial charge is 0.433 e. The molecule has 9 heteroatoms. The van der Waals surface area contributed by atoms with Crippen LogP contribution < -0.4 is 5.56 Å². The summed E-state index contributed by atoms with van der Waals surface area (Å²) in [5, 5.41) is 2.57. The first-order valence-electron chi connectivity index (χ1n) is 6.61. The van der Waals surface area contributed by atoms with Crippen molar-refractivity contribution in [3.05, 3.63) is 63.8 Å². The second-order valence-corrected chi connectivity index (χ2v) is 4.76. The fourth-order valence-corrected chi connectivity index (χ4v) is 1.97. The van der Waals surface area contributed by atoms with E-state index in [9.17, 15) is 18.0 Å². The maximum atomic E-state index is 12.6. The number of hydrogen-bond acceptors (Lipinski definition) is 4. The highest BCUT2D eigenvalue weighted by molar-refractivity contribution is 5.28. The van der Waals surface area contributed by atoms with Crippen LogP contribution in [-0.4, -0.2) is 19.6 Å². The van der Waals surface area contributed by atoms with Crippen LogP contribution >= 0.6 is 0 Å². The number of nitrogens with zero attached hydrogens (tertiary/aromatic N) is 3. The number of nitrogens with one attached hydrogen (secondary N) is 1. The SMILES string of the molecule is O=c1cc(C(F)(F)F)nc2nc(COCc3ccccc3)[nH]n12. The molecule has 1 aromatic carbocycles. The minimum Gasteiger partial charge on any atom is -0.369 e. The first-order valence-corrected chi connectivity index (χ1v) is 6.61. The molecular weight excluding hydrogens is 313 g/mol. The molecule has 0 bridgehead atoms. The third kappa shape index (κ3) is 3.39. The van der Waals surface area contributed by atoms with Crippen molar-refractivity contribution >= 4 is 5.78 Å². The van der Waals surface area contributed by atoms with Crippen LogP contribution in [0.4, 0.5) is 13.2 Å². The van der Waals surface area contributed by atoms with E-state index in [0.29, 0.717) is 12.7 Å². The molecule has 2 aromatic heterocycles. The first kappa shape index (κ1) is 15.2. The summed E-state index contributed by atoms with van der Waals surface area (Å²) in [6.45, 7) is 0.326. The number of aromatic nitrogens is 4. The van der Waals surface area contributed by atoms with Crippen LogP contribution in [0.3, 0.4) is 0 Å². The number of H-pyrrole nitrogens is 1. The van der Waals surface area contributed by atoms with E-state index in [2.05, 4.69) is 15.1 Å². The maximum Gasteiger partial charge on any atom is 0.433 e. The predicted molar refractivity (Wildman–Crippen MR) is 73.5 cm³/mol. The Labute approximate surface area is 127 Å². The number of ether oxygens (including phenoxy) is 1. The molecule has 0 atom stereocenters. The summed E-state index contributed by atoms with van der Waals surface area (Å²) in [4.78, 5) is 18.9. The van der Waals surface area contributed by atoms with Crippen molar-refractivity contribution in [2.24, 2.45) is 0 Å². The van der Waals surface area contributed by atoms with Gasteiger partial charge in [-0.1, -0.05) is 30.3 Å². The van der Waals surface area contributed by atoms with Gasteiger partial charge in [0, 0.05) is 6.07 Å². The Morgan fingerprint density at radius 3 is 2.57 bits per heavy atom. The summed E-state index contributed by atoms with van der Waals surface area (Å²) in [7, 11) is 0. The summed E-state index contributed by atoms with van der Waals surface area (Å²) in [6, 6.07) is 9.77. The van der Waals surface area contributed by atoms with Gasteiger partial charge < -0.3 is 4.74 Å². The Balaban J connectivity index is 1.78. The van der Waals surface area contributed by atoms with Crippen molar-refractivity contribution in [3.63, 3.8) is 0 Å². The smallest absolute Gasteiger partial charge is 0.369 e. The molecule has 0 fully saturated rings. The minimum absolute atomic E-state index is 0.0129. The van der Waals surface area contributed by atoms with Gasteiger partial charge in [-0.05, 0) is 5.56 Å². The fraction of sp³-hybridized carbons (Fsp3) is 0.214. The molecule has 0 aliphatic carbocycles. The highest BCUT2D eigenvalue weighted by Crippen LogP contribution is 2.26. The molecule has 0 radical (unpaired) electrons. The van der Waals surface area contributed by atoms with Crippen molar-refractivity contribution in [2.75, 3.05) is 0 Å². The first-order chi connectivity index (χ1) is 10.9. The van der Waals surface area contributed by atoms with E-state index in [0.717, 1.165) is 10.1 Å². The number of aromatic amines is 1. The summed E-state index contributed by atoms with van der Waals surface area (Å²) in [5.41, 5.74) is -1.21. The van der Waals surface area contributed by atoms with Gasteiger partial charge in [0.1, 0.15) is 6.61 Å². The van der Waals surface area contributed by atoms with Crippen LogP contribution in [0.2, 0.25) is 0 Å². The number of fused-ring (bicyclic) bond motifs is 1. The van der Waals surface area contributed by atoms with Crippen LogP contribution in [0.5, 0.6) is 0 Å². The third-order valence-electron chi connectivity index (χ3n) is 3.02. The van der Waals surface area contributed by atoms with E-state index in [-0.39, 0.29) is 18.2 Å². The van der Waals surface area contributed by atoms with Crippen molar-refractivity contribution in [1.29, 1.82) is 0 Å². The maximum absolute atomic E-state index is 12.6. The Morgan fingerprint density at radius 2 is 1.87 bits per heavy atom. The van der Waals surface area contributed by atoms with E-state index in [1.165, 1.54) is 0 Å². The van der Waals surface area contributed by atoms with Crippen LogP contribution in [0.1, 0.15) is 17.1 Å². The van der Waals surface area contributed by atoms with E-state index in [1.54, 1.807) is 0 Å². The second-order valence-electron chi connectivity index (χ2n) is 4.76. The normalized spacial score (nSPS) is 12.0. The molecule has 120 valence electrons. The Morgan fingerprint density at radius 1 is 1.13 bits per heavy atom. The lowest BCUT2D eigenvalue weighted by molar-refractivity contribution is -0.141. The topological polar surface area (TPSA) is 72.3 Å². The lowest BCUT2D eigenvalue weighted by atomic mass is 10.2. The molecule has 6 nitrogen and oxygen atoms in total. The zero-order valence-electron chi connectivity index (χ0n) is 11.7. The van der Waals surface area contributed by atoms with Crippen molar-refractivity contribution in [3.8, 4) is 0 Å². The average Bonchev–Trinajstić information content (AvgIpc) is 2.91. The zero-order valence-corrected chi connectivity index (χ0v) is 11.7. The molecule has 3 rings (SSSR count). The van der Waals surface area contributed by atoms with Crippen LogP contribution in [-0.2, 0) is 24.1 Å². The van der Waals surface area contributed by atoms with Crippen molar-refractivity contribution < 1.29 is 17.9 Å². The lowest BCUT2D eigenvalue weighted by Crippen LogP contribution is -2.20. The molecule has 1 N–H and O–H groups in total. The summed E-state index contributed by atoms with van der Waals surface area (Å²) in [5.74, 6) is -0.131. The van der Waals surface area contributed by atoms with Gasteiger partial charge in [-0.15, -0.1) is 0 Å². The van der Waals surface area contributed by atoms with Gasteiger partial charge in [-0.25, -0.2) is 4.98 Å². The fourth-order valence-electron chi connectivity index (χ4n) is 1.97. The van der Waals surface area contributed by atoms with E-state index < -0.39 is 17.4 Å². The number of alkyl halides is 3. The molecule has 3 aromatic rings. The standard InChI is InChI=1S/C14H11F3N4O2/c15-14(16,17)10-6-12(22)21-13(18-10)19-11(20-21)8-23-7-9-4-2-1-3-5-9/h1-6H,7-8H2,(H,18,19,20). The molecule has 23 heavy (non-hydrogen) atoms. The highest BCUT2D eigenvalue weighted by Gasteiger charge is 2.33. The highest BCUT2D eigenvalue weighted by atomic mass is 19.4. The van der Waals surface area contributed by atoms with E-state index in [4.69, 9.17) is 4.74 Å². The van der Waals surface area contributed by atoms with Gasteiger partial charge in [0.2, 0.25) is 0 Å². The molecule has 0 unspecified atom stereocenters. The molecule has 0 aliphatic rings. The lowest BCUT2D eigenvalue weighted by Gasteiger charge is -2.03. The minimum atomic E-state index is -4.70. The summed E-state index contributed by atoms with van der Waals surface area (Å²) in [6.07, 6.45) is -4.70. The van der Waals surface area contributed by atoms with Gasteiger partial charge in [0.15, 0.2) is 11.5 Å². The molecular formula is C14H11F3N4O2.